The first kappa shape index (κ1) is 22.7. The van der Waals surface area contributed by atoms with Crippen molar-refractivity contribution in [1.82, 2.24) is 0 Å². The summed E-state index contributed by atoms with van der Waals surface area (Å²) in [6, 6.07) is 0. The predicted octanol–water partition coefficient (Wildman–Crippen LogP) is 4.86. The van der Waals surface area contributed by atoms with Crippen LogP contribution in [0.1, 0.15) is 59.8 Å². The Kier molecular flexibility index (Phi) is 11.3. The van der Waals surface area contributed by atoms with E-state index in [4.69, 9.17) is 9.68 Å². The standard InChI is InChI=1S/C20H34N2O3S/c1-6-10-17(21-24-8-3)20-18(22-25-11-7-2)13-16(14-19(20)23)12-15(5)26-9-4/h7,15-16,20H,2,6,8-14H2,1,3-5H3/b21-17-,22-18-/t15-,16-,20-/m0/s1. The van der Waals surface area contributed by atoms with E-state index >= 15 is 0 Å². The Morgan fingerprint density at radius 2 is 2.12 bits per heavy atom. The van der Waals surface area contributed by atoms with Crippen LogP contribution in [0.25, 0.3) is 0 Å². The summed E-state index contributed by atoms with van der Waals surface area (Å²) in [6.45, 7) is 12.8. The first-order chi connectivity index (χ1) is 12.6. The van der Waals surface area contributed by atoms with E-state index in [9.17, 15) is 4.79 Å². The lowest BCUT2D eigenvalue weighted by molar-refractivity contribution is -0.121. The fraction of sp³-hybridized carbons (Fsp3) is 0.750. The normalized spacial score (nSPS) is 23.8. The van der Waals surface area contributed by atoms with Crippen molar-refractivity contribution >= 4 is 29.0 Å². The van der Waals surface area contributed by atoms with E-state index < -0.39 is 5.92 Å². The number of Topliss-reactive ketones (excluding diaryl/α,β-unsaturated/α-hetero) is 1. The van der Waals surface area contributed by atoms with E-state index in [1.54, 1.807) is 6.08 Å². The average Bonchev–Trinajstić information content (AvgIpc) is 2.59. The van der Waals surface area contributed by atoms with Gasteiger partial charge in [-0.05, 0) is 37.9 Å². The van der Waals surface area contributed by atoms with Crippen molar-refractivity contribution < 1.29 is 14.5 Å². The second-order valence-corrected chi connectivity index (χ2v) is 8.31. The molecule has 0 aromatic carbocycles. The van der Waals surface area contributed by atoms with Gasteiger partial charge in [0.05, 0.1) is 11.4 Å². The van der Waals surface area contributed by atoms with Gasteiger partial charge in [-0.3, -0.25) is 4.79 Å². The molecule has 0 aromatic heterocycles. The zero-order valence-electron chi connectivity index (χ0n) is 16.7. The summed E-state index contributed by atoms with van der Waals surface area (Å²) in [6.07, 6.45) is 5.66. The number of thioether (sulfide) groups is 1. The monoisotopic (exact) mass is 382 g/mol. The molecule has 5 nitrogen and oxygen atoms in total. The zero-order valence-corrected chi connectivity index (χ0v) is 17.5. The highest BCUT2D eigenvalue weighted by atomic mass is 32.2. The van der Waals surface area contributed by atoms with E-state index in [0.717, 1.165) is 42.9 Å². The summed E-state index contributed by atoms with van der Waals surface area (Å²) < 4.78 is 0. The second kappa shape index (κ2) is 13.0. The van der Waals surface area contributed by atoms with Crippen molar-refractivity contribution in [1.29, 1.82) is 0 Å². The highest BCUT2D eigenvalue weighted by Crippen LogP contribution is 2.32. The third kappa shape index (κ3) is 7.52. The molecule has 1 rings (SSSR count). The number of hydrogen-bond acceptors (Lipinski definition) is 6. The summed E-state index contributed by atoms with van der Waals surface area (Å²) in [7, 11) is 0. The van der Waals surface area contributed by atoms with Crippen molar-refractivity contribution in [2.24, 2.45) is 22.1 Å². The number of oxime groups is 2. The minimum absolute atomic E-state index is 0.183. The molecule has 26 heavy (non-hydrogen) atoms. The molecular formula is C20H34N2O3S. The van der Waals surface area contributed by atoms with E-state index in [1.165, 1.54) is 0 Å². The van der Waals surface area contributed by atoms with Crippen LogP contribution in [0.5, 0.6) is 0 Å². The molecule has 0 heterocycles. The van der Waals surface area contributed by atoms with Gasteiger partial charge in [0.2, 0.25) is 0 Å². The maximum absolute atomic E-state index is 13.0. The van der Waals surface area contributed by atoms with Gasteiger partial charge in [0.15, 0.2) is 0 Å². The molecule has 0 N–H and O–H groups in total. The number of carbonyl (C=O) groups excluding carboxylic acids is 1. The van der Waals surface area contributed by atoms with E-state index in [2.05, 4.69) is 37.7 Å². The molecule has 0 aromatic rings. The van der Waals surface area contributed by atoms with Gasteiger partial charge in [-0.15, -0.1) is 0 Å². The Labute approximate surface area is 162 Å². The van der Waals surface area contributed by atoms with E-state index in [0.29, 0.717) is 30.8 Å². The van der Waals surface area contributed by atoms with Gasteiger partial charge >= 0.3 is 0 Å². The zero-order chi connectivity index (χ0) is 19.4. The van der Waals surface area contributed by atoms with Crippen LogP contribution in [0.4, 0.5) is 0 Å². The molecule has 148 valence electrons. The Morgan fingerprint density at radius 3 is 2.73 bits per heavy atom. The maximum atomic E-state index is 13.0. The van der Waals surface area contributed by atoms with Crippen LogP contribution in [0.15, 0.2) is 23.0 Å². The Hall–Kier alpha value is -1.30. The van der Waals surface area contributed by atoms with Crippen LogP contribution in [-0.4, -0.2) is 41.4 Å². The molecule has 1 saturated carbocycles. The lowest BCUT2D eigenvalue weighted by atomic mass is 9.75. The molecule has 3 atom stereocenters. The molecule has 6 heteroatoms. The first-order valence-electron chi connectivity index (χ1n) is 9.69. The molecule has 1 aliphatic rings. The van der Waals surface area contributed by atoms with Crippen LogP contribution in [0.3, 0.4) is 0 Å². The molecule has 0 bridgehead atoms. The van der Waals surface area contributed by atoms with Gasteiger partial charge in [0.1, 0.15) is 24.9 Å². The molecule has 0 saturated heterocycles. The van der Waals surface area contributed by atoms with Gasteiger partial charge in [-0.1, -0.05) is 50.2 Å². The summed E-state index contributed by atoms with van der Waals surface area (Å²) in [4.78, 5) is 23.6. The third-order valence-electron chi connectivity index (χ3n) is 4.28. The molecule has 0 amide bonds. The van der Waals surface area contributed by atoms with Gasteiger partial charge in [0.25, 0.3) is 0 Å². The van der Waals surface area contributed by atoms with Crippen LogP contribution < -0.4 is 0 Å². The quantitative estimate of drug-likeness (QED) is 0.209. The molecule has 1 aliphatic carbocycles. The first-order valence-corrected chi connectivity index (χ1v) is 10.7. The third-order valence-corrected chi connectivity index (χ3v) is 5.38. The number of rotatable bonds is 12. The van der Waals surface area contributed by atoms with Crippen molar-refractivity contribution in [2.45, 2.75) is 65.0 Å². The molecular weight excluding hydrogens is 348 g/mol. The van der Waals surface area contributed by atoms with Gasteiger partial charge in [-0.2, -0.15) is 11.8 Å². The van der Waals surface area contributed by atoms with Crippen molar-refractivity contribution in [2.75, 3.05) is 19.0 Å². The SMILES string of the molecule is C=CCO/N=C1/C[C@H](C[C@H](C)SCC)CC(=O)[C@H]1/C(CCC)=N\OCC. The largest absolute Gasteiger partial charge is 0.396 e. The topological polar surface area (TPSA) is 60.2 Å². The molecule has 1 fully saturated rings. The summed E-state index contributed by atoms with van der Waals surface area (Å²) in [5, 5.41) is 9.07. The van der Waals surface area contributed by atoms with Crippen molar-refractivity contribution in [3.8, 4) is 0 Å². The van der Waals surface area contributed by atoms with Crippen LogP contribution in [0, 0.1) is 11.8 Å². The van der Waals surface area contributed by atoms with Crippen molar-refractivity contribution in [3.05, 3.63) is 12.7 Å². The van der Waals surface area contributed by atoms with E-state index in [-0.39, 0.29) is 5.78 Å². The molecule has 0 radical (unpaired) electrons. The Morgan fingerprint density at radius 1 is 1.35 bits per heavy atom. The molecule has 0 spiro atoms. The highest BCUT2D eigenvalue weighted by molar-refractivity contribution is 7.99. The minimum atomic E-state index is -0.406. The predicted molar refractivity (Wildman–Crippen MR) is 111 cm³/mol. The van der Waals surface area contributed by atoms with Gasteiger partial charge < -0.3 is 9.68 Å². The van der Waals surface area contributed by atoms with Gasteiger partial charge in [-0.25, -0.2) is 0 Å². The van der Waals surface area contributed by atoms with Crippen molar-refractivity contribution in [3.63, 3.8) is 0 Å². The Bertz CT molecular complexity index is 505. The average molecular weight is 383 g/mol. The smallest absolute Gasteiger partial charge is 0.147 e. The molecule has 0 aliphatic heterocycles. The number of hydrogen-bond donors (Lipinski definition) is 0. The second-order valence-electron chi connectivity index (χ2n) is 6.59. The number of nitrogens with zero attached hydrogens (tertiary/aromatic N) is 2. The van der Waals surface area contributed by atoms with Crippen LogP contribution in [-0.2, 0) is 14.5 Å². The number of ketones is 1. The maximum Gasteiger partial charge on any atom is 0.147 e. The summed E-state index contributed by atoms with van der Waals surface area (Å²) >= 11 is 1.94. The molecule has 0 unspecified atom stereocenters. The Balaban J connectivity index is 3.01. The van der Waals surface area contributed by atoms with Crippen LogP contribution >= 0.6 is 11.8 Å². The lowest BCUT2D eigenvalue weighted by Crippen LogP contribution is -2.39. The van der Waals surface area contributed by atoms with E-state index in [1.807, 2.05) is 18.7 Å². The summed E-state index contributed by atoms with van der Waals surface area (Å²) in [5.74, 6) is 1.18. The lowest BCUT2D eigenvalue weighted by Gasteiger charge is -2.30. The summed E-state index contributed by atoms with van der Waals surface area (Å²) in [5.41, 5.74) is 1.56. The van der Waals surface area contributed by atoms with Gasteiger partial charge in [0, 0.05) is 11.7 Å². The van der Waals surface area contributed by atoms with Crippen LogP contribution in [0.2, 0.25) is 0 Å². The highest BCUT2D eigenvalue weighted by Gasteiger charge is 2.38. The minimum Gasteiger partial charge on any atom is -0.396 e. The fourth-order valence-electron chi connectivity index (χ4n) is 3.35. The fourth-order valence-corrected chi connectivity index (χ4v) is 4.33. The number of carbonyl (C=O) groups is 1.